The number of halogens is 3. The van der Waals surface area contributed by atoms with Gasteiger partial charge in [0.1, 0.15) is 42.9 Å². The van der Waals surface area contributed by atoms with Gasteiger partial charge in [0.15, 0.2) is 41.6 Å². The molecule has 2 aliphatic rings. The third-order valence-corrected chi connectivity index (χ3v) is 53.7. The van der Waals surface area contributed by atoms with Crippen molar-refractivity contribution in [1.29, 1.82) is 0 Å². The summed E-state index contributed by atoms with van der Waals surface area (Å²) in [5.74, 6) is 1.22. The molecule has 0 amide bonds. The average Bonchev–Trinajstić information content (AvgIpc) is 1.62. The fourth-order valence-electron chi connectivity index (χ4n) is 17.3. The third-order valence-electron chi connectivity index (χ3n) is 31.2. The Morgan fingerprint density at radius 1 is 0.465 bits per heavy atom. The molecule has 2 aromatic heterocycles. The van der Waals surface area contributed by atoms with Crippen LogP contribution < -0.4 is 9.47 Å². The first-order valence-corrected chi connectivity index (χ1v) is 66.6. The van der Waals surface area contributed by atoms with E-state index in [1.54, 1.807) is 18.5 Å². The predicted molar refractivity (Wildman–Crippen MR) is 600 cm³/mol. The lowest BCUT2D eigenvalue weighted by molar-refractivity contribution is -0.145. The number of carbonyl (C=O) groups is 4. The first-order valence-electron chi connectivity index (χ1n) is 52.1. The minimum Gasteiger partial charge on any atom is -0.491 e. The van der Waals surface area contributed by atoms with Crippen LogP contribution in [0.3, 0.4) is 0 Å². The summed E-state index contributed by atoms with van der Waals surface area (Å²) in [6.07, 6.45) is 29.1. The van der Waals surface area contributed by atoms with E-state index in [2.05, 4.69) is 273 Å². The van der Waals surface area contributed by atoms with Gasteiger partial charge in [0, 0.05) is 85.1 Å². The predicted octanol–water partition coefficient (Wildman–Crippen LogP) is 32.0. The molecule has 792 valence electrons. The second-order valence-electron chi connectivity index (χ2n) is 47.5. The second-order valence-corrected chi connectivity index (χ2v) is 71.2. The number of pyridine rings is 2. The first kappa shape index (κ1) is 123. The van der Waals surface area contributed by atoms with Crippen molar-refractivity contribution in [1.82, 2.24) is 9.97 Å². The van der Waals surface area contributed by atoms with E-state index in [0.29, 0.717) is 51.0 Å². The van der Waals surface area contributed by atoms with Gasteiger partial charge in [-0.25, -0.2) is 0 Å². The molecule has 10 rings (SSSR count). The summed E-state index contributed by atoms with van der Waals surface area (Å²) in [5, 5.41) is 22.6. The van der Waals surface area contributed by atoms with Gasteiger partial charge in [-0.1, -0.05) is 284 Å². The molecule has 2 heterocycles. The van der Waals surface area contributed by atoms with Crippen LogP contribution in [-0.4, -0.2) is 129 Å². The number of ketones is 2. The number of Topliss-reactive ketones (excluding diaryl/α,β-unsaturated/α-hetero) is 2. The molecule has 2 aliphatic carbocycles. The standard InChI is InChI=1S/C62H93NO7Si3.C36H59F3O5Si2.C21H21NO2.CH4/c1-18-53(56(64)40-47-30-33-50-42-63-37-36-49(50)39-47)48-31-28-46(29-32-48)43-67-59(65)27-22-20-19-21-26-54-55(58(70-73(16,17)62(9,10)11)41-57(54)69-72(14,15)61(6,7)8)35-34-52(68-71(12,13)60(3,4)5)44-66-51-25-23-24-45(2)38-51;1-26-23-32(44-46(10,11)35(5,6)7)31(19-14-12-13-15-20-33(40)41)30(26)22-21-29(43-45(8,9)34(2,3)4)25-42-28-18-16-17-27(24-28)36(37,38)39;1-2-20(17-6-3-15(14-23)4-7-17)21(24)12-16-5-8-19-13-22-10-9-18(19)11-16;/h19,21,23-25,28-39,42,52-55,57-58H,18,20,22,26-27,40-41,43-44H2,1-17H3;12,14,16-18,21-22,24,26,29-32H,13,15,19-20,23,25H2,1-11H3,(H,40,41);3-11,13,20,23H,2,12,14H2,1H3;1H4/b21-19-,35-34+;14-12-,22-21+;;/t52-,53?,54-,55-,57+,58-;26-,29-,30+,31-,32+;;/m11../s1. The van der Waals surface area contributed by atoms with Crippen molar-refractivity contribution in [2.75, 3.05) is 13.2 Å². The highest BCUT2D eigenvalue weighted by molar-refractivity contribution is 6.76. The molecular weight excluding hydrogens is 1890 g/mol. The van der Waals surface area contributed by atoms with Gasteiger partial charge in [-0.3, -0.25) is 29.1 Å². The van der Waals surface area contributed by atoms with Crippen LogP contribution in [0.4, 0.5) is 13.2 Å². The maximum Gasteiger partial charge on any atom is 0.416 e. The zero-order valence-electron chi connectivity index (χ0n) is 91.8. The fourth-order valence-corrected chi connectivity index (χ4v) is 23.9. The van der Waals surface area contributed by atoms with Crippen LogP contribution in [0.1, 0.15) is 265 Å². The molecular formula is C120H177F3N2O14Si5. The molecule has 2 saturated carbocycles. The molecule has 0 saturated heterocycles. The molecule has 16 nitrogen and oxygen atoms in total. The van der Waals surface area contributed by atoms with Crippen molar-refractivity contribution in [3.63, 3.8) is 0 Å². The van der Waals surface area contributed by atoms with Crippen molar-refractivity contribution in [2.45, 2.75) is 381 Å². The van der Waals surface area contributed by atoms with E-state index in [0.717, 1.165) is 123 Å². The SMILES string of the molecule is C.CCC(C(=O)Cc1ccc2cnccc2c1)c1ccc(CO)cc1.CCC(C(=O)Cc1ccc2cnccc2c1)c1ccc(COC(=O)CCC/C=C\C[C@@H]2[C@@H](/C=C/[C@H](COc3cccc(C)c3)O[Si](C)(C)C(C)(C)C)[C@H](O[Si](C)(C)C(C)(C)C)C[C@@H]2O[Si](C)(C)C(C)(C)C)cc1.C[C@@H]1C[C@H](O[Si](C)(C)C(C)(C)C)[C@H](C/C=C\CCCC(=O)O)[C@H]1/C=C/[C@H](COc1cccc(C(F)(F)F)c1)O[Si](C)(C)C(C)(C)C. The summed E-state index contributed by atoms with van der Waals surface area (Å²) in [6.45, 7) is 66.2. The number of benzene rings is 6. The van der Waals surface area contributed by atoms with Crippen molar-refractivity contribution in [3.05, 3.63) is 263 Å². The Balaban J connectivity index is 0.000000334. The smallest absolute Gasteiger partial charge is 0.416 e. The van der Waals surface area contributed by atoms with Crippen LogP contribution in [0, 0.1) is 36.5 Å². The van der Waals surface area contributed by atoms with Gasteiger partial charge in [-0.05, 0) is 278 Å². The molecule has 2 N–H and O–H groups in total. The summed E-state index contributed by atoms with van der Waals surface area (Å²) < 4.78 is 94.0. The number of carboxylic acid groups (broad SMARTS) is 1. The van der Waals surface area contributed by atoms with Gasteiger partial charge in [-0.2, -0.15) is 13.2 Å². The maximum absolute atomic E-state index is 13.5. The van der Waals surface area contributed by atoms with E-state index in [-0.39, 0.29) is 142 Å². The largest absolute Gasteiger partial charge is 0.491 e. The highest BCUT2D eigenvalue weighted by Crippen LogP contribution is 2.51. The number of aliphatic hydroxyl groups excluding tert-OH is 1. The molecule has 2 unspecified atom stereocenters. The molecule has 8 aromatic rings. The summed E-state index contributed by atoms with van der Waals surface area (Å²) in [5.41, 5.74) is 6.23. The summed E-state index contributed by atoms with van der Waals surface area (Å²) in [4.78, 5) is 58.5. The van der Waals surface area contributed by atoms with Gasteiger partial charge in [0.25, 0.3) is 0 Å². The number of hydrogen-bond acceptors (Lipinski definition) is 15. The first-order chi connectivity index (χ1) is 66.6. The number of allylic oxidation sites excluding steroid dienone is 5. The number of carbonyl (C=O) groups excluding carboxylic acids is 3. The number of aryl methyl sites for hydroxylation is 1. The van der Waals surface area contributed by atoms with E-state index >= 15 is 0 Å². The van der Waals surface area contributed by atoms with Gasteiger partial charge >= 0.3 is 18.1 Å². The van der Waals surface area contributed by atoms with Crippen LogP contribution in [0.25, 0.3) is 21.5 Å². The van der Waals surface area contributed by atoms with Gasteiger partial charge < -0.3 is 46.6 Å². The number of fused-ring (bicyclic) bond motifs is 2. The summed E-state index contributed by atoms with van der Waals surface area (Å²) in [7, 11) is -10.8. The lowest BCUT2D eigenvalue weighted by atomic mass is 9.87. The lowest BCUT2D eigenvalue weighted by Crippen LogP contribution is -2.45. The normalized spacial score (nSPS) is 19.0. The van der Waals surface area contributed by atoms with Crippen molar-refractivity contribution >= 4 is 86.6 Å². The number of unbranched alkanes of at least 4 members (excludes halogenated alkanes) is 2. The highest BCUT2D eigenvalue weighted by Gasteiger charge is 2.52. The molecule has 24 heteroatoms. The second kappa shape index (κ2) is 53.7. The van der Waals surface area contributed by atoms with Crippen LogP contribution in [-0.2, 0) is 78.3 Å². The number of ether oxygens (including phenoxy) is 3. The number of aliphatic hydroxyl groups is 1. The van der Waals surface area contributed by atoms with Gasteiger partial charge in [-0.15, -0.1) is 0 Å². The van der Waals surface area contributed by atoms with Crippen molar-refractivity contribution in [3.8, 4) is 11.5 Å². The number of aromatic nitrogens is 2. The average molecular weight is 2070 g/mol. The third kappa shape index (κ3) is 36.8. The number of esters is 1. The van der Waals surface area contributed by atoms with Crippen LogP contribution in [0.2, 0.25) is 90.7 Å². The Morgan fingerprint density at radius 3 is 1.29 bits per heavy atom. The molecule has 0 bridgehead atoms. The minimum atomic E-state index is -4.45. The summed E-state index contributed by atoms with van der Waals surface area (Å²) >= 11 is 0. The topological polar surface area (TPSA) is 208 Å². The molecule has 144 heavy (non-hydrogen) atoms. The Kier molecular flexibility index (Phi) is 45.7. The Morgan fingerprint density at radius 2 is 0.868 bits per heavy atom. The van der Waals surface area contributed by atoms with E-state index in [4.69, 9.17) is 46.6 Å². The zero-order chi connectivity index (χ0) is 106. The van der Waals surface area contributed by atoms with E-state index < -0.39 is 65.4 Å². The quantitative estimate of drug-likeness (QED) is 0.0157. The Hall–Kier alpha value is -8.39. The summed E-state index contributed by atoms with van der Waals surface area (Å²) in [6, 6.07) is 45.0. The van der Waals surface area contributed by atoms with Crippen molar-refractivity contribution < 1.29 is 78.9 Å². The molecule has 0 radical (unpaired) electrons. The Bertz CT molecular complexity index is 5500. The number of aliphatic carboxylic acids is 1. The highest BCUT2D eigenvalue weighted by atomic mass is 28.4. The van der Waals surface area contributed by atoms with Crippen LogP contribution in [0.5, 0.6) is 11.5 Å². The van der Waals surface area contributed by atoms with E-state index in [9.17, 15) is 32.3 Å². The zero-order valence-corrected chi connectivity index (χ0v) is 96.8. The monoisotopic (exact) mass is 2070 g/mol. The lowest BCUT2D eigenvalue weighted by Gasteiger charge is -2.40. The number of alkyl halides is 3. The molecule has 0 aliphatic heterocycles. The fraction of sp³-hybridized carbons (Fsp3) is 0.550. The molecule has 2 fully saturated rings. The molecule has 6 aromatic carbocycles. The van der Waals surface area contributed by atoms with Crippen LogP contribution >= 0.6 is 0 Å². The van der Waals surface area contributed by atoms with E-state index in [1.165, 1.54) is 6.07 Å². The van der Waals surface area contributed by atoms with E-state index in [1.807, 2.05) is 116 Å². The minimum absolute atomic E-state index is 0. The van der Waals surface area contributed by atoms with Gasteiger partial charge in [0.2, 0.25) is 0 Å². The number of rotatable bonds is 45. The molecule has 12 atom stereocenters. The number of nitrogens with zero attached hydrogens (tertiary/aromatic N) is 2. The number of carboxylic acids is 1. The Labute approximate surface area is 868 Å². The number of hydrogen-bond donors (Lipinski definition) is 2. The molecule has 0 spiro atoms. The van der Waals surface area contributed by atoms with Crippen LogP contribution in [0.15, 0.2) is 219 Å². The van der Waals surface area contributed by atoms with Gasteiger partial charge in [0.05, 0.1) is 36.6 Å². The maximum atomic E-state index is 13.5. The van der Waals surface area contributed by atoms with Crippen molar-refractivity contribution in [2.24, 2.45) is 29.6 Å².